The van der Waals surface area contributed by atoms with Crippen molar-refractivity contribution in [2.24, 2.45) is 5.73 Å². The molecule has 0 aliphatic carbocycles. The second-order valence-corrected chi connectivity index (χ2v) is 3.45. The van der Waals surface area contributed by atoms with Crippen molar-refractivity contribution in [2.45, 2.75) is 32.9 Å². The van der Waals surface area contributed by atoms with Crippen LogP contribution >= 0.6 is 0 Å². The van der Waals surface area contributed by atoms with Crippen LogP contribution in [0, 0.1) is 6.92 Å². The van der Waals surface area contributed by atoms with E-state index in [9.17, 15) is 5.11 Å². The van der Waals surface area contributed by atoms with Crippen LogP contribution in [-0.4, -0.2) is 21.2 Å². The first-order valence-corrected chi connectivity index (χ1v) is 4.49. The molecule has 1 aromatic heterocycles. The monoisotopic (exact) mass is 183 g/mol. The van der Waals surface area contributed by atoms with Gasteiger partial charge in [0.1, 0.15) is 11.9 Å². The molecule has 0 aliphatic heterocycles. The van der Waals surface area contributed by atoms with Crippen LogP contribution in [0.2, 0.25) is 0 Å². The predicted molar refractivity (Wildman–Crippen MR) is 51.4 cm³/mol. The zero-order valence-corrected chi connectivity index (χ0v) is 8.36. The summed E-state index contributed by atoms with van der Waals surface area (Å²) in [5, 5.41) is 9.59. The summed E-state index contributed by atoms with van der Waals surface area (Å²) >= 11 is 0. The molecule has 0 aliphatic rings. The van der Waals surface area contributed by atoms with Crippen molar-refractivity contribution in [3.63, 3.8) is 0 Å². The number of aliphatic hydroxyl groups is 1. The van der Waals surface area contributed by atoms with Crippen molar-refractivity contribution in [2.75, 3.05) is 6.54 Å². The molecule has 3 N–H and O–H groups in total. The second kappa shape index (κ2) is 3.89. The summed E-state index contributed by atoms with van der Waals surface area (Å²) in [5.74, 6) is 0.914. The van der Waals surface area contributed by atoms with Crippen molar-refractivity contribution < 1.29 is 5.11 Å². The molecule has 0 fully saturated rings. The summed E-state index contributed by atoms with van der Waals surface area (Å²) in [5.41, 5.74) is 6.19. The minimum Gasteiger partial charge on any atom is -0.385 e. The van der Waals surface area contributed by atoms with Gasteiger partial charge < -0.3 is 15.4 Å². The maximum atomic E-state index is 9.59. The number of nitrogens with two attached hydrogens (primary N) is 1. The van der Waals surface area contributed by atoms with Gasteiger partial charge in [-0.25, -0.2) is 4.98 Å². The predicted octanol–water partition coefficient (Wildman–Crippen LogP) is 0.765. The topological polar surface area (TPSA) is 64.1 Å². The first-order valence-electron chi connectivity index (χ1n) is 4.49. The van der Waals surface area contributed by atoms with Gasteiger partial charge in [0.25, 0.3) is 0 Å². The third-order valence-corrected chi connectivity index (χ3v) is 2.09. The number of rotatable bonds is 3. The van der Waals surface area contributed by atoms with Gasteiger partial charge in [-0.05, 0) is 20.8 Å². The zero-order chi connectivity index (χ0) is 10.0. The van der Waals surface area contributed by atoms with Crippen molar-refractivity contribution >= 4 is 0 Å². The Bertz CT molecular complexity index is 280. The Morgan fingerprint density at radius 1 is 1.62 bits per heavy atom. The van der Waals surface area contributed by atoms with Gasteiger partial charge in [-0.3, -0.25) is 0 Å². The third-order valence-electron chi connectivity index (χ3n) is 2.09. The van der Waals surface area contributed by atoms with Crippen LogP contribution in [0.1, 0.15) is 37.5 Å². The van der Waals surface area contributed by atoms with Crippen molar-refractivity contribution in [1.82, 2.24) is 9.55 Å². The first kappa shape index (κ1) is 10.2. The average Bonchev–Trinajstić information content (AvgIpc) is 2.45. The quantitative estimate of drug-likeness (QED) is 0.727. The van der Waals surface area contributed by atoms with E-state index in [4.69, 9.17) is 5.73 Å². The molecule has 0 aromatic carbocycles. The number of aromatic nitrogens is 2. The molecule has 1 unspecified atom stereocenters. The maximum Gasteiger partial charge on any atom is 0.108 e. The highest BCUT2D eigenvalue weighted by Crippen LogP contribution is 2.18. The summed E-state index contributed by atoms with van der Waals surface area (Å²) in [6.07, 6.45) is 1.08. The summed E-state index contributed by atoms with van der Waals surface area (Å²) in [7, 11) is 0. The lowest BCUT2D eigenvalue weighted by Crippen LogP contribution is -2.17. The van der Waals surface area contributed by atoms with Crippen LogP contribution in [0.15, 0.2) is 6.20 Å². The van der Waals surface area contributed by atoms with E-state index in [2.05, 4.69) is 18.8 Å². The van der Waals surface area contributed by atoms with Gasteiger partial charge in [0.2, 0.25) is 0 Å². The van der Waals surface area contributed by atoms with Gasteiger partial charge >= 0.3 is 0 Å². The lowest BCUT2D eigenvalue weighted by Gasteiger charge is -2.16. The number of nitrogens with zero attached hydrogens (tertiary/aromatic N) is 2. The Kier molecular flexibility index (Phi) is 3.06. The van der Waals surface area contributed by atoms with Gasteiger partial charge in [0.05, 0.1) is 11.9 Å². The highest BCUT2D eigenvalue weighted by Gasteiger charge is 2.15. The first-order chi connectivity index (χ1) is 6.07. The van der Waals surface area contributed by atoms with Crippen LogP contribution < -0.4 is 5.73 Å². The van der Waals surface area contributed by atoms with Gasteiger partial charge in [0.15, 0.2) is 0 Å². The fourth-order valence-electron chi connectivity index (χ4n) is 1.51. The number of hydrogen-bond donors (Lipinski definition) is 2. The average molecular weight is 183 g/mol. The van der Waals surface area contributed by atoms with Gasteiger partial charge in [-0.15, -0.1) is 0 Å². The third kappa shape index (κ3) is 1.89. The second-order valence-electron chi connectivity index (χ2n) is 3.45. The molecule has 4 nitrogen and oxygen atoms in total. The highest BCUT2D eigenvalue weighted by atomic mass is 16.3. The minimum atomic E-state index is -0.608. The SMILES string of the molecule is Cc1ncc(C(O)CN)n1C(C)C. The van der Waals surface area contributed by atoms with Gasteiger partial charge in [-0.2, -0.15) is 0 Å². The molecule has 0 bridgehead atoms. The van der Waals surface area contributed by atoms with Crippen molar-refractivity contribution in [3.8, 4) is 0 Å². The van der Waals surface area contributed by atoms with E-state index in [0.717, 1.165) is 11.5 Å². The largest absolute Gasteiger partial charge is 0.385 e. The van der Waals surface area contributed by atoms with E-state index < -0.39 is 6.10 Å². The molecule has 0 radical (unpaired) electrons. The van der Waals surface area contributed by atoms with E-state index in [-0.39, 0.29) is 6.54 Å². The fraction of sp³-hybridized carbons (Fsp3) is 0.667. The van der Waals surface area contributed by atoms with Crippen LogP contribution in [0.5, 0.6) is 0 Å². The van der Waals surface area contributed by atoms with Crippen LogP contribution in [0.4, 0.5) is 0 Å². The lowest BCUT2D eigenvalue weighted by molar-refractivity contribution is 0.175. The molecule has 0 saturated heterocycles. The molecule has 0 saturated carbocycles. The van der Waals surface area contributed by atoms with E-state index in [1.165, 1.54) is 0 Å². The molecule has 13 heavy (non-hydrogen) atoms. The smallest absolute Gasteiger partial charge is 0.108 e. The highest BCUT2D eigenvalue weighted by molar-refractivity contribution is 5.09. The lowest BCUT2D eigenvalue weighted by atomic mass is 10.2. The summed E-state index contributed by atoms with van der Waals surface area (Å²) < 4.78 is 2.00. The minimum absolute atomic E-state index is 0.234. The number of aryl methyl sites for hydroxylation is 1. The Balaban J connectivity index is 3.07. The molecule has 0 spiro atoms. The van der Waals surface area contributed by atoms with Crippen LogP contribution in [0.3, 0.4) is 0 Å². The zero-order valence-electron chi connectivity index (χ0n) is 8.36. The molecule has 74 valence electrons. The molecule has 0 amide bonds. The van der Waals surface area contributed by atoms with Crippen LogP contribution in [-0.2, 0) is 0 Å². The van der Waals surface area contributed by atoms with Crippen LogP contribution in [0.25, 0.3) is 0 Å². The van der Waals surface area contributed by atoms with E-state index >= 15 is 0 Å². The number of imidazole rings is 1. The summed E-state index contributed by atoms with van der Waals surface area (Å²) in [6, 6.07) is 0.304. The van der Waals surface area contributed by atoms with Crippen molar-refractivity contribution in [3.05, 3.63) is 17.7 Å². The van der Waals surface area contributed by atoms with E-state index in [0.29, 0.717) is 6.04 Å². The summed E-state index contributed by atoms with van der Waals surface area (Å²) in [4.78, 5) is 4.15. The Morgan fingerprint density at radius 2 is 2.23 bits per heavy atom. The van der Waals surface area contributed by atoms with Gasteiger partial charge in [-0.1, -0.05) is 0 Å². The standard InChI is InChI=1S/C9H17N3O/c1-6(2)12-7(3)11-5-8(12)9(13)4-10/h5-6,9,13H,4,10H2,1-3H3. The Morgan fingerprint density at radius 3 is 2.69 bits per heavy atom. The molecule has 1 heterocycles. The van der Waals surface area contributed by atoms with Crippen molar-refractivity contribution in [1.29, 1.82) is 0 Å². The van der Waals surface area contributed by atoms with Gasteiger partial charge in [0, 0.05) is 12.6 Å². The maximum absolute atomic E-state index is 9.59. The molecule has 1 atom stereocenters. The van der Waals surface area contributed by atoms with E-state index in [1.807, 2.05) is 11.5 Å². The molecule has 1 rings (SSSR count). The fourth-order valence-corrected chi connectivity index (χ4v) is 1.51. The number of aliphatic hydroxyl groups excluding tert-OH is 1. The summed E-state index contributed by atoms with van der Waals surface area (Å²) in [6.45, 7) is 6.27. The Hall–Kier alpha value is -0.870. The molecular formula is C9H17N3O. The molecular weight excluding hydrogens is 166 g/mol. The molecule has 1 aromatic rings. The molecule has 4 heteroatoms. The number of hydrogen-bond acceptors (Lipinski definition) is 3. The normalized spacial score (nSPS) is 13.7. The Labute approximate surface area is 78.4 Å². The van der Waals surface area contributed by atoms with E-state index in [1.54, 1.807) is 6.20 Å².